The molecule has 1 aliphatic carbocycles. The molecule has 10 heteroatoms. The standard InChI is InChI=1S/C26H31F3N2O4S/c1-5-36(33,34)30-23-21(31(15-26(23)9-10-26)24(32)35-25(2,3)4)13-17-12-19(28)14-20(22(17)29)16-7-6-8-18(27)11-16/h6-8,11-12,14,21,23,30H,5,9-10,13,15H2,1-4H3/t21-,23+/m0/s1. The van der Waals surface area contributed by atoms with E-state index < -0.39 is 56.7 Å². The van der Waals surface area contributed by atoms with Gasteiger partial charge >= 0.3 is 6.09 Å². The van der Waals surface area contributed by atoms with Crippen molar-refractivity contribution in [2.75, 3.05) is 12.3 Å². The van der Waals surface area contributed by atoms with Crippen LogP contribution in [0.15, 0.2) is 36.4 Å². The summed E-state index contributed by atoms with van der Waals surface area (Å²) in [6.07, 6.45) is 0.600. The molecular weight excluding hydrogens is 493 g/mol. The second-order valence-electron chi connectivity index (χ2n) is 10.7. The van der Waals surface area contributed by atoms with Crippen LogP contribution in [0.1, 0.15) is 46.1 Å². The molecule has 1 spiro atoms. The minimum absolute atomic E-state index is 0.0359. The van der Waals surface area contributed by atoms with Gasteiger partial charge in [-0.05, 0) is 82.3 Å². The molecule has 1 amide bonds. The Morgan fingerprint density at radius 3 is 2.42 bits per heavy atom. The van der Waals surface area contributed by atoms with Crippen LogP contribution in [0.4, 0.5) is 18.0 Å². The zero-order valence-electron chi connectivity index (χ0n) is 20.8. The van der Waals surface area contributed by atoms with Crippen LogP contribution in [0, 0.1) is 22.9 Å². The number of nitrogens with one attached hydrogen (secondary N) is 1. The predicted octanol–water partition coefficient (Wildman–Crippen LogP) is 5.02. The Bertz CT molecular complexity index is 1270. The fourth-order valence-electron chi connectivity index (χ4n) is 4.89. The summed E-state index contributed by atoms with van der Waals surface area (Å²) in [6, 6.07) is 5.74. The topological polar surface area (TPSA) is 75.7 Å². The number of hydrogen-bond donors (Lipinski definition) is 1. The van der Waals surface area contributed by atoms with Gasteiger partial charge in [0, 0.05) is 23.6 Å². The van der Waals surface area contributed by atoms with E-state index in [2.05, 4.69) is 4.72 Å². The molecule has 2 aliphatic rings. The molecule has 1 aliphatic heterocycles. The zero-order valence-corrected chi connectivity index (χ0v) is 21.6. The van der Waals surface area contributed by atoms with Crippen molar-refractivity contribution in [2.45, 2.75) is 64.6 Å². The van der Waals surface area contributed by atoms with Crippen LogP contribution in [0.2, 0.25) is 0 Å². The Labute approximate surface area is 209 Å². The molecule has 0 radical (unpaired) electrons. The maximum absolute atomic E-state index is 15.7. The van der Waals surface area contributed by atoms with E-state index in [4.69, 9.17) is 4.74 Å². The smallest absolute Gasteiger partial charge is 0.410 e. The van der Waals surface area contributed by atoms with E-state index in [1.807, 2.05) is 0 Å². The lowest BCUT2D eigenvalue weighted by Crippen LogP contribution is -2.50. The van der Waals surface area contributed by atoms with E-state index in [-0.39, 0.29) is 35.4 Å². The molecule has 0 aromatic heterocycles. The van der Waals surface area contributed by atoms with E-state index in [9.17, 15) is 22.0 Å². The number of halogens is 3. The molecule has 1 heterocycles. The normalized spacial score (nSPS) is 21.1. The highest BCUT2D eigenvalue weighted by Crippen LogP contribution is 2.56. The zero-order chi connectivity index (χ0) is 26.5. The van der Waals surface area contributed by atoms with Crippen LogP contribution in [0.25, 0.3) is 11.1 Å². The van der Waals surface area contributed by atoms with Crippen molar-refractivity contribution >= 4 is 16.1 Å². The highest BCUT2D eigenvalue weighted by molar-refractivity contribution is 7.89. The lowest BCUT2D eigenvalue weighted by atomic mass is 9.91. The first-order valence-electron chi connectivity index (χ1n) is 12.0. The first kappa shape index (κ1) is 26.5. The number of sulfonamides is 1. The maximum atomic E-state index is 15.7. The average molecular weight is 525 g/mol. The average Bonchev–Trinajstić information content (AvgIpc) is 3.50. The quantitative estimate of drug-likeness (QED) is 0.576. The minimum Gasteiger partial charge on any atom is -0.444 e. The Morgan fingerprint density at radius 1 is 1.14 bits per heavy atom. The van der Waals surface area contributed by atoms with E-state index in [1.54, 1.807) is 20.8 Å². The molecule has 4 rings (SSSR count). The van der Waals surface area contributed by atoms with Crippen LogP contribution in [0.3, 0.4) is 0 Å². The minimum atomic E-state index is -3.66. The summed E-state index contributed by atoms with van der Waals surface area (Å²) in [6.45, 7) is 6.92. The fourth-order valence-corrected chi connectivity index (χ4v) is 5.85. The number of carbonyl (C=O) groups excluding carboxylic acids is 1. The third-order valence-corrected chi connectivity index (χ3v) is 8.19. The Balaban J connectivity index is 1.76. The number of ether oxygens (including phenoxy) is 1. The van der Waals surface area contributed by atoms with Gasteiger partial charge < -0.3 is 9.64 Å². The van der Waals surface area contributed by atoms with Gasteiger partial charge in [0.1, 0.15) is 23.1 Å². The first-order chi connectivity index (χ1) is 16.7. The van der Waals surface area contributed by atoms with Gasteiger partial charge in [0.05, 0.1) is 11.8 Å². The van der Waals surface area contributed by atoms with Crippen molar-refractivity contribution in [2.24, 2.45) is 5.41 Å². The number of carbonyl (C=O) groups is 1. The molecule has 2 aromatic carbocycles. The molecule has 2 fully saturated rings. The van der Waals surface area contributed by atoms with Gasteiger partial charge in [-0.3, -0.25) is 0 Å². The predicted molar refractivity (Wildman–Crippen MR) is 130 cm³/mol. The van der Waals surface area contributed by atoms with Crippen molar-refractivity contribution in [1.82, 2.24) is 9.62 Å². The van der Waals surface area contributed by atoms with Crippen LogP contribution < -0.4 is 4.72 Å². The molecule has 6 nitrogen and oxygen atoms in total. The molecule has 36 heavy (non-hydrogen) atoms. The van der Waals surface area contributed by atoms with Gasteiger partial charge in [-0.2, -0.15) is 0 Å². The molecule has 196 valence electrons. The monoisotopic (exact) mass is 524 g/mol. The summed E-state index contributed by atoms with van der Waals surface area (Å²) >= 11 is 0. The van der Waals surface area contributed by atoms with Gasteiger partial charge in [0.25, 0.3) is 0 Å². The SMILES string of the molecule is CCS(=O)(=O)N[C@@H]1[C@H](Cc2cc(F)cc(-c3cccc(F)c3)c2F)N(C(=O)OC(C)(C)C)CC12CC2. The molecule has 1 saturated carbocycles. The van der Waals surface area contributed by atoms with Crippen molar-refractivity contribution in [3.8, 4) is 11.1 Å². The second kappa shape index (κ2) is 9.37. The first-order valence-corrected chi connectivity index (χ1v) is 13.6. The van der Waals surface area contributed by atoms with Crippen molar-refractivity contribution in [3.05, 3.63) is 59.4 Å². The van der Waals surface area contributed by atoms with Crippen molar-refractivity contribution < 1.29 is 31.1 Å². The van der Waals surface area contributed by atoms with Crippen molar-refractivity contribution in [3.63, 3.8) is 0 Å². The van der Waals surface area contributed by atoms with E-state index >= 15 is 4.39 Å². The summed E-state index contributed by atoms with van der Waals surface area (Å²) in [5, 5.41) is 0. The second-order valence-corrected chi connectivity index (χ2v) is 12.7. The number of likely N-dealkylation sites (tertiary alicyclic amines) is 1. The summed E-state index contributed by atoms with van der Waals surface area (Å²) in [7, 11) is -3.66. The summed E-state index contributed by atoms with van der Waals surface area (Å²) in [5.41, 5.74) is -1.26. The van der Waals surface area contributed by atoms with Gasteiger partial charge in [0.15, 0.2) is 0 Å². The van der Waals surface area contributed by atoms with Crippen LogP contribution in [0.5, 0.6) is 0 Å². The Morgan fingerprint density at radius 2 is 1.83 bits per heavy atom. The number of nitrogens with zero attached hydrogens (tertiary/aromatic N) is 1. The number of hydrogen-bond acceptors (Lipinski definition) is 4. The lowest BCUT2D eigenvalue weighted by molar-refractivity contribution is 0.0213. The van der Waals surface area contributed by atoms with Crippen molar-refractivity contribution in [1.29, 1.82) is 0 Å². The van der Waals surface area contributed by atoms with Crippen LogP contribution in [-0.2, 0) is 21.2 Å². The molecule has 1 saturated heterocycles. The lowest BCUT2D eigenvalue weighted by Gasteiger charge is -2.31. The Kier molecular flexibility index (Phi) is 6.89. The summed E-state index contributed by atoms with van der Waals surface area (Å²) in [5.74, 6) is -2.22. The highest BCUT2D eigenvalue weighted by Gasteiger charge is 2.61. The maximum Gasteiger partial charge on any atom is 0.410 e. The number of benzene rings is 2. The van der Waals surface area contributed by atoms with E-state index in [0.29, 0.717) is 12.8 Å². The number of amides is 1. The molecular formula is C26H31F3N2O4S. The molecule has 0 unspecified atom stereocenters. The van der Waals surface area contributed by atoms with Gasteiger partial charge in [0.2, 0.25) is 10.0 Å². The van der Waals surface area contributed by atoms with Crippen LogP contribution >= 0.6 is 0 Å². The Hall–Kier alpha value is -2.59. The fraction of sp³-hybridized carbons (Fsp3) is 0.500. The van der Waals surface area contributed by atoms with Gasteiger partial charge in [-0.25, -0.2) is 31.1 Å². The van der Waals surface area contributed by atoms with Gasteiger partial charge in [-0.1, -0.05) is 12.1 Å². The van der Waals surface area contributed by atoms with Crippen LogP contribution in [-0.4, -0.2) is 49.4 Å². The van der Waals surface area contributed by atoms with E-state index in [1.165, 1.54) is 30.0 Å². The van der Waals surface area contributed by atoms with E-state index in [0.717, 1.165) is 18.2 Å². The third-order valence-electron chi connectivity index (χ3n) is 6.81. The molecule has 2 aromatic rings. The molecule has 1 N–H and O–H groups in total. The number of rotatable bonds is 6. The van der Waals surface area contributed by atoms with Gasteiger partial charge in [-0.15, -0.1) is 0 Å². The largest absolute Gasteiger partial charge is 0.444 e. The summed E-state index contributed by atoms with van der Waals surface area (Å²) < 4.78 is 77.5. The third kappa shape index (κ3) is 5.54. The molecule has 2 atom stereocenters. The highest BCUT2D eigenvalue weighted by atomic mass is 32.2. The summed E-state index contributed by atoms with van der Waals surface area (Å²) in [4.78, 5) is 14.6. The molecule has 0 bridgehead atoms.